The van der Waals surface area contributed by atoms with Crippen LogP contribution in [0.2, 0.25) is 0 Å². The zero-order valence-corrected chi connectivity index (χ0v) is 9.23. The number of aryl methyl sites for hydroxylation is 1. The van der Waals surface area contributed by atoms with Gasteiger partial charge in [0.15, 0.2) is 0 Å². The van der Waals surface area contributed by atoms with Crippen molar-refractivity contribution >= 4 is 16.7 Å². The van der Waals surface area contributed by atoms with Gasteiger partial charge in [0, 0.05) is 0 Å². The fourth-order valence-corrected chi connectivity index (χ4v) is 2.07. The molecular weight excluding hydrogens is 200 g/mol. The first-order chi connectivity index (χ1) is 7.72. The van der Waals surface area contributed by atoms with Gasteiger partial charge in [0.1, 0.15) is 0 Å². The molecule has 0 unspecified atom stereocenters. The summed E-state index contributed by atoms with van der Waals surface area (Å²) in [7, 11) is 0. The Morgan fingerprint density at radius 1 is 1.19 bits per heavy atom. The van der Waals surface area contributed by atoms with Gasteiger partial charge in [-0.3, -0.25) is 4.79 Å². The Bertz CT molecular complexity index is 529. The summed E-state index contributed by atoms with van der Waals surface area (Å²) in [5.41, 5.74) is 2.08. The van der Waals surface area contributed by atoms with E-state index < -0.39 is 5.97 Å². The van der Waals surface area contributed by atoms with Gasteiger partial charge in [0.25, 0.3) is 0 Å². The zero-order chi connectivity index (χ0) is 11.5. The molecule has 0 radical (unpaired) electrons. The molecule has 1 N–H and O–H groups in total. The lowest BCUT2D eigenvalue weighted by Gasteiger charge is -2.09. The van der Waals surface area contributed by atoms with E-state index in [1.54, 1.807) is 0 Å². The molecule has 2 heteroatoms. The van der Waals surface area contributed by atoms with Crippen LogP contribution in [0.4, 0.5) is 0 Å². The minimum Gasteiger partial charge on any atom is -0.481 e. The number of hydrogen-bond acceptors (Lipinski definition) is 1. The monoisotopic (exact) mass is 214 g/mol. The van der Waals surface area contributed by atoms with E-state index in [0.717, 1.165) is 28.3 Å². The number of carbonyl (C=O) groups is 1. The maximum Gasteiger partial charge on any atom is 0.307 e. The van der Waals surface area contributed by atoms with Crippen molar-refractivity contribution in [3.8, 4) is 0 Å². The van der Waals surface area contributed by atoms with Crippen LogP contribution in [0.1, 0.15) is 18.1 Å². The van der Waals surface area contributed by atoms with Crippen molar-refractivity contribution in [3.63, 3.8) is 0 Å². The van der Waals surface area contributed by atoms with Gasteiger partial charge in [0.05, 0.1) is 6.42 Å². The van der Waals surface area contributed by atoms with E-state index in [9.17, 15) is 4.79 Å². The highest BCUT2D eigenvalue weighted by Gasteiger charge is 2.09. The van der Waals surface area contributed by atoms with E-state index in [2.05, 4.69) is 13.0 Å². The highest BCUT2D eigenvalue weighted by molar-refractivity contribution is 5.89. The molecule has 0 aromatic heterocycles. The molecule has 16 heavy (non-hydrogen) atoms. The van der Waals surface area contributed by atoms with Crippen molar-refractivity contribution in [3.05, 3.63) is 47.5 Å². The van der Waals surface area contributed by atoms with E-state index in [1.165, 1.54) is 0 Å². The Balaban J connectivity index is 2.67. The van der Waals surface area contributed by atoms with E-state index >= 15 is 0 Å². The van der Waals surface area contributed by atoms with E-state index in [1.807, 2.05) is 30.3 Å². The molecule has 82 valence electrons. The third kappa shape index (κ3) is 1.91. The lowest BCUT2D eigenvalue weighted by atomic mass is 9.95. The number of carboxylic acids is 1. The highest BCUT2D eigenvalue weighted by Crippen LogP contribution is 2.23. The van der Waals surface area contributed by atoms with Crippen LogP contribution in [0.5, 0.6) is 0 Å². The smallest absolute Gasteiger partial charge is 0.307 e. The SMILES string of the molecule is CCc1ccc2ccccc2c1CC(=O)O. The zero-order valence-electron chi connectivity index (χ0n) is 9.23. The normalized spacial score (nSPS) is 10.6. The van der Waals surface area contributed by atoms with Crippen LogP contribution in [-0.4, -0.2) is 11.1 Å². The molecule has 0 saturated heterocycles. The fourth-order valence-electron chi connectivity index (χ4n) is 2.07. The Kier molecular flexibility index (Phi) is 2.91. The molecule has 0 aliphatic rings. The first-order valence-corrected chi connectivity index (χ1v) is 5.43. The predicted molar refractivity (Wildman–Crippen MR) is 64.7 cm³/mol. The first kappa shape index (κ1) is 10.7. The molecule has 2 rings (SSSR count). The van der Waals surface area contributed by atoms with Gasteiger partial charge in [0.2, 0.25) is 0 Å². The standard InChI is InChI=1S/C14H14O2/c1-2-10-7-8-11-5-3-4-6-12(11)13(10)9-14(15)16/h3-8H,2,9H2,1H3,(H,15,16). The molecule has 0 heterocycles. The molecular formula is C14H14O2. The molecule has 0 bridgehead atoms. The van der Waals surface area contributed by atoms with Gasteiger partial charge < -0.3 is 5.11 Å². The third-order valence-electron chi connectivity index (χ3n) is 2.85. The van der Waals surface area contributed by atoms with Gasteiger partial charge in [-0.25, -0.2) is 0 Å². The van der Waals surface area contributed by atoms with Gasteiger partial charge in [-0.15, -0.1) is 0 Å². The number of hydrogen-bond donors (Lipinski definition) is 1. The Hall–Kier alpha value is -1.83. The molecule has 0 amide bonds. The average molecular weight is 214 g/mol. The second-order valence-corrected chi connectivity index (χ2v) is 3.85. The summed E-state index contributed by atoms with van der Waals surface area (Å²) in [6, 6.07) is 12.0. The second kappa shape index (κ2) is 4.35. The molecule has 0 atom stereocenters. The highest BCUT2D eigenvalue weighted by atomic mass is 16.4. The summed E-state index contributed by atoms with van der Waals surface area (Å²) >= 11 is 0. The van der Waals surface area contributed by atoms with E-state index in [-0.39, 0.29) is 6.42 Å². The minimum absolute atomic E-state index is 0.102. The van der Waals surface area contributed by atoms with Gasteiger partial charge in [-0.1, -0.05) is 43.3 Å². The third-order valence-corrected chi connectivity index (χ3v) is 2.85. The molecule has 2 aromatic rings. The number of aliphatic carboxylic acids is 1. The molecule has 0 fully saturated rings. The summed E-state index contributed by atoms with van der Waals surface area (Å²) < 4.78 is 0. The maximum absolute atomic E-state index is 10.9. The van der Waals surface area contributed by atoms with Crippen LogP contribution in [0.15, 0.2) is 36.4 Å². The molecule has 0 aliphatic carbocycles. The van der Waals surface area contributed by atoms with Gasteiger partial charge in [-0.05, 0) is 28.3 Å². The summed E-state index contributed by atoms with van der Waals surface area (Å²) in [5, 5.41) is 11.1. The average Bonchev–Trinajstić information content (AvgIpc) is 2.29. The molecule has 0 saturated carbocycles. The molecule has 2 nitrogen and oxygen atoms in total. The number of benzene rings is 2. The van der Waals surface area contributed by atoms with Gasteiger partial charge in [-0.2, -0.15) is 0 Å². The Morgan fingerprint density at radius 2 is 1.94 bits per heavy atom. The fraction of sp³-hybridized carbons (Fsp3) is 0.214. The topological polar surface area (TPSA) is 37.3 Å². The molecule has 2 aromatic carbocycles. The van der Waals surface area contributed by atoms with Crippen LogP contribution in [0.25, 0.3) is 10.8 Å². The largest absolute Gasteiger partial charge is 0.481 e. The molecule has 0 aliphatic heterocycles. The summed E-state index contributed by atoms with van der Waals surface area (Å²) in [5.74, 6) is -0.772. The predicted octanol–water partition coefficient (Wildman–Crippen LogP) is 3.03. The van der Waals surface area contributed by atoms with Crippen LogP contribution >= 0.6 is 0 Å². The van der Waals surface area contributed by atoms with Crippen LogP contribution < -0.4 is 0 Å². The van der Waals surface area contributed by atoms with Crippen molar-refractivity contribution in [2.24, 2.45) is 0 Å². The van der Waals surface area contributed by atoms with Gasteiger partial charge >= 0.3 is 5.97 Å². The lowest BCUT2D eigenvalue weighted by Crippen LogP contribution is -2.04. The summed E-state index contributed by atoms with van der Waals surface area (Å²) in [6.45, 7) is 2.05. The summed E-state index contributed by atoms with van der Waals surface area (Å²) in [4.78, 5) is 10.9. The maximum atomic E-state index is 10.9. The first-order valence-electron chi connectivity index (χ1n) is 5.43. The Labute approximate surface area is 94.5 Å². The van der Waals surface area contributed by atoms with Crippen molar-refractivity contribution in [1.82, 2.24) is 0 Å². The number of fused-ring (bicyclic) bond motifs is 1. The van der Waals surface area contributed by atoms with Crippen molar-refractivity contribution in [1.29, 1.82) is 0 Å². The second-order valence-electron chi connectivity index (χ2n) is 3.85. The number of carboxylic acid groups (broad SMARTS) is 1. The van der Waals surface area contributed by atoms with E-state index in [0.29, 0.717) is 0 Å². The van der Waals surface area contributed by atoms with Crippen LogP contribution in [-0.2, 0) is 17.6 Å². The number of rotatable bonds is 3. The Morgan fingerprint density at radius 3 is 2.62 bits per heavy atom. The van der Waals surface area contributed by atoms with Crippen LogP contribution in [0, 0.1) is 0 Å². The van der Waals surface area contributed by atoms with Crippen molar-refractivity contribution in [2.45, 2.75) is 19.8 Å². The minimum atomic E-state index is -0.772. The summed E-state index contributed by atoms with van der Waals surface area (Å²) in [6.07, 6.45) is 0.970. The van der Waals surface area contributed by atoms with Crippen LogP contribution in [0.3, 0.4) is 0 Å². The lowest BCUT2D eigenvalue weighted by molar-refractivity contribution is -0.136. The van der Waals surface area contributed by atoms with Crippen molar-refractivity contribution in [2.75, 3.05) is 0 Å². The van der Waals surface area contributed by atoms with Crippen molar-refractivity contribution < 1.29 is 9.90 Å². The van der Waals surface area contributed by atoms with E-state index in [4.69, 9.17) is 5.11 Å². The quantitative estimate of drug-likeness (QED) is 0.852. The molecule has 0 spiro atoms.